The monoisotopic (exact) mass is 391 g/mol. The number of rotatable bonds is 4. The van der Waals surface area contributed by atoms with E-state index in [-0.39, 0.29) is 5.91 Å². The van der Waals surface area contributed by atoms with Crippen molar-refractivity contribution in [2.24, 2.45) is 0 Å². The number of likely N-dealkylation sites (tertiary alicyclic amines) is 1. The molecule has 0 unspecified atom stereocenters. The highest BCUT2D eigenvalue weighted by molar-refractivity contribution is 5.73. The molecule has 4 rings (SSSR count). The molecule has 2 aromatic rings. The molecular formula is C25H33N3O. The van der Waals surface area contributed by atoms with Gasteiger partial charge < -0.3 is 4.90 Å². The average Bonchev–Trinajstić information content (AvgIpc) is 2.77. The summed E-state index contributed by atoms with van der Waals surface area (Å²) >= 11 is 0. The van der Waals surface area contributed by atoms with E-state index in [1.807, 2.05) is 4.90 Å². The van der Waals surface area contributed by atoms with Crippen LogP contribution in [0.25, 0.3) is 0 Å². The molecule has 0 aliphatic carbocycles. The van der Waals surface area contributed by atoms with Gasteiger partial charge in [0.25, 0.3) is 0 Å². The molecule has 4 nitrogen and oxygen atoms in total. The molecule has 2 heterocycles. The number of nitrogens with zero attached hydrogens (tertiary/aromatic N) is 3. The Morgan fingerprint density at radius 3 is 1.90 bits per heavy atom. The van der Waals surface area contributed by atoms with Crippen LogP contribution in [0.2, 0.25) is 0 Å². The minimum Gasteiger partial charge on any atom is -0.343 e. The fraction of sp³-hybridized carbons (Fsp3) is 0.480. The predicted octanol–water partition coefficient (Wildman–Crippen LogP) is 3.79. The van der Waals surface area contributed by atoms with Crippen LogP contribution in [0.4, 0.5) is 0 Å². The number of piperidine rings is 1. The van der Waals surface area contributed by atoms with Crippen molar-refractivity contribution in [3.8, 4) is 0 Å². The van der Waals surface area contributed by atoms with Gasteiger partial charge >= 0.3 is 0 Å². The Labute approximate surface area is 175 Å². The van der Waals surface area contributed by atoms with Gasteiger partial charge in [-0.2, -0.15) is 0 Å². The Morgan fingerprint density at radius 1 is 0.862 bits per heavy atom. The van der Waals surface area contributed by atoms with Crippen LogP contribution in [-0.2, 0) is 4.79 Å². The van der Waals surface area contributed by atoms with E-state index in [1.165, 1.54) is 11.1 Å². The molecule has 0 saturated carbocycles. The van der Waals surface area contributed by atoms with Crippen LogP contribution in [0, 0.1) is 0 Å². The number of amides is 1. The number of carbonyl (C=O) groups is 1. The second-order valence-corrected chi connectivity index (χ2v) is 8.54. The number of benzene rings is 2. The lowest BCUT2D eigenvalue weighted by Crippen LogP contribution is -2.57. The fourth-order valence-corrected chi connectivity index (χ4v) is 5.11. The Hall–Kier alpha value is -2.17. The molecule has 0 aromatic heterocycles. The predicted molar refractivity (Wildman–Crippen MR) is 118 cm³/mol. The van der Waals surface area contributed by atoms with Crippen molar-refractivity contribution in [2.45, 2.75) is 44.8 Å². The molecule has 2 saturated heterocycles. The molecule has 1 atom stereocenters. The van der Waals surface area contributed by atoms with Crippen molar-refractivity contribution in [1.82, 2.24) is 14.7 Å². The lowest BCUT2D eigenvalue weighted by Gasteiger charge is -2.48. The summed E-state index contributed by atoms with van der Waals surface area (Å²) in [5.41, 5.74) is 2.74. The Morgan fingerprint density at radius 2 is 1.41 bits per heavy atom. The van der Waals surface area contributed by atoms with Crippen molar-refractivity contribution < 1.29 is 4.79 Å². The van der Waals surface area contributed by atoms with Gasteiger partial charge in [-0.05, 0) is 30.9 Å². The largest absolute Gasteiger partial charge is 0.343 e. The van der Waals surface area contributed by atoms with E-state index in [0.717, 1.165) is 45.6 Å². The maximum Gasteiger partial charge on any atom is 0.219 e. The minimum atomic E-state index is 0.218. The van der Waals surface area contributed by atoms with E-state index < -0.39 is 0 Å². The van der Waals surface area contributed by atoms with Crippen molar-refractivity contribution in [3.05, 3.63) is 71.8 Å². The van der Waals surface area contributed by atoms with E-state index in [0.29, 0.717) is 18.1 Å². The average molecular weight is 392 g/mol. The molecule has 2 aliphatic heterocycles. The zero-order valence-corrected chi connectivity index (χ0v) is 17.7. The van der Waals surface area contributed by atoms with Gasteiger partial charge in [0.05, 0.1) is 6.04 Å². The first-order valence-electron chi connectivity index (χ1n) is 11.0. The normalized spacial score (nSPS) is 22.2. The highest BCUT2D eigenvalue weighted by Crippen LogP contribution is 2.32. The van der Waals surface area contributed by atoms with E-state index in [4.69, 9.17) is 0 Å². The number of hydrogen-bond acceptors (Lipinski definition) is 3. The van der Waals surface area contributed by atoms with Crippen LogP contribution in [0.5, 0.6) is 0 Å². The van der Waals surface area contributed by atoms with Gasteiger partial charge in [-0.15, -0.1) is 0 Å². The van der Waals surface area contributed by atoms with Crippen LogP contribution < -0.4 is 0 Å². The van der Waals surface area contributed by atoms with Gasteiger partial charge in [-0.25, -0.2) is 0 Å². The first-order chi connectivity index (χ1) is 14.1. The Kier molecular flexibility index (Phi) is 6.31. The van der Waals surface area contributed by atoms with E-state index in [9.17, 15) is 4.79 Å². The second kappa shape index (κ2) is 9.10. The van der Waals surface area contributed by atoms with E-state index in [2.05, 4.69) is 77.4 Å². The van der Waals surface area contributed by atoms with Crippen molar-refractivity contribution in [2.75, 3.05) is 32.7 Å². The summed E-state index contributed by atoms with van der Waals surface area (Å²) in [7, 11) is 0. The molecule has 0 radical (unpaired) electrons. The summed E-state index contributed by atoms with van der Waals surface area (Å²) in [6.07, 6.45) is 2.21. The van der Waals surface area contributed by atoms with Gasteiger partial charge in [0.1, 0.15) is 0 Å². The first-order valence-corrected chi connectivity index (χ1v) is 11.0. The summed E-state index contributed by atoms with van der Waals surface area (Å²) in [6.45, 7) is 9.15. The third kappa shape index (κ3) is 4.54. The lowest BCUT2D eigenvalue weighted by molar-refractivity contribution is -0.130. The SMILES string of the molecule is CC(=O)N1CCC(N2CCN(C(c3ccccc3)c3ccccc3)[C@@H](C)C2)CC1. The number of carbonyl (C=O) groups excluding carboxylic acids is 1. The fourth-order valence-electron chi connectivity index (χ4n) is 5.11. The molecule has 0 N–H and O–H groups in total. The van der Waals surface area contributed by atoms with Crippen LogP contribution >= 0.6 is 0 Å². The lowest BCUT2D eigenvalue weighted by atomic mass is 9.94. The standard InChI is InChI=1S/C25H33N3O/c1-20-19-27(24-13-15-26(16-14-24)21(2)29)17-18-28(20)25(22-9-5-3-6-10-22)23-11-7-4-8-12-23/h3-12,20,24-25H,13-19H2,1-2H3/t20-/m0/s1. The highest BCUT2D eigenvalue weighted by atomic mass is 16.2. The molecule has 2 aromatic carbocycles. The molecule has 1 amide bonds. The van der Waals surface area contributed by atoms with Gasteiger partial charge in [-0.1, -0.05) is 60.7 Å². The Balaban J connectivity index is 1.47. The van der Waals surface area contributed by atoms with Crippen molar-refractivity contribution in [3.63, 3.8) is 0 Å². The van der Waals surface area contributed by atoms with Gasteiger partial charge in [-0.3, -0.25) is 14.6 Å². The zero-order valence-electron chi connectivity index (χ0n) is 17.7. The second-order valence-electron chi connectivity index (χ2n) is 8.54. The maximum atomic E-state index is 11.6. The molecule has 0 bridgehead atoms. The van der Waals surface area contributed by atoms with Crippen molar-refractivity contribution >= 4 is 5.91 Å². The minimum absolute atomic E-state index is 0.218. The molecule has 154 valence electrons. The third-order valence-electron chi connectivity index (χ3n) is 6.70. The molecule has 2 aliphatic rings. The zero-order chi connectivity index (χ0) is 20.2. The molecule has 4 heteroatoms. The quantitative estimate of drug-likeness (QED) is 0.793. The van der Waals surface area contributed by atoms with Crippen LogP contribution in [0.3, 0.4) is 0 Å². The van der Waals surface area contributed by atoms with Gasteiger partial charge in [0, 0.05) is 51.7 Å². The van der Waals surface area contributed by atoms with Crippen LogP contribution in [0.1, 0.15) is 43.9 Å². The summed E-state index contributed by atoms with van der Waals surface area (Å²) in [4.78, 5) is 19.0. The number of hydrogen-bond donors (Lipinski definition) is 0. The smallest absolute Gasteiger partial charge is 0.219 e. The third-order valence-corrected chi connectivity index (χ3v) is 6.70. The highest BCUT2D eigenvalue weighted by Gasteiger charge is 2.34. The Bertz CT molecular complexity index is 747. The summed E-state index contributed by atoms with van der Waals surface area (Å²) in [5.74, 6) is 0.218. The van der Waals surface area contributed by atoms with Gasteiger partial charge in [0.2, 0.25) is 5.91 Å². The van der Waals surface area contributed by atoms with Gasteiger partial charge in [0.15, 0.2) is 0 Å². The topological polar surface area (TPSA) is 26.8 Å². The number of piperazine rings is 1. The van der Waals surface area contributed by atoms with Crippen LogP contribution in [0.15, 0.2) is 60.7 Å². The van der Waals surface area contributed by atoms with E-state index >= 15 is 0 Å². The molecular weight excluding hydrogens is 358 g/mol. The molecule has 29 heavy (non-hydrogen) atoms. The molecule has 2 fully saturated rings. The summed E-state index contributed by atoms with van der Waals surface area (Å²) in [5, 5.41) is 0. The van der Waals surface area contributed by atoms with Crippen molar-refractivity contribution in [1.29, 1.82) is 0 Å². The summed E-state index contributed by atoms with van der Waals surface area (Å²) < 4.78 is 0. The maximum absolute atomic E-state index is 11.6. The summed E-state index contributed by atoms with van der Waals surface area (Å²) in [6, 6.07) is 23.2. The first kappa shape index (κ1) is 20.1. The van der Waals surface area contributed by atoms with Crippen LogP contribution in [-0.4, -0.2) is 65.4 Å². The van der Waals surface area contributed by atoms with E-state index in [1.54, 1.807) is 6.92 Å². The molecule has 0 spiro atoms.